The van der Waals surface area contributed by atoms with Gasteiger partial charge in [0.25, 0.3) is 0 Å². The summed E-state index contributed by atoms with van der Waals surface area (Å²) in [6.45, 7) is 5.84. The number of amides is 1. The maximum absolute atomic E-state index is 13.1. The molecule has 0 fully saturated rings. The topological polar surface area (TPSA) is 38.1 Å². The highest BCUT2D eigenvalue weighted by molar-refractivity contribution is 5.92. The molecule has 0 radical (unpaired) electrons. The van der Waals surface area contributed by atoms with Crippen LogP contribution in [-0.2, 0) is 4.79 Å². The van der Waals surface area contributed by atoms with E-state index in [1.165, 1.54) is 12.1 Å². The van der Waals surface area contributed by atoms with Gasteiger partial charge in [0, 0.05) is 24.4 Å². The van der Waals surface area contributed by atoms with Crippen LogP contribution in [-0.4, -0.2) is 27.6 Å². The highest BCUT2D eigenvalue weighted by Gasteiger charge is 2.16. The summed E-state index contributed by atoms with van der Waals surface area (Å²) in [5.74, 6) is -0.408. The van der Waals surface area contributed by atoms with E-state index in [4.69, 9.17) is 0 Å². The lowest BCUT2D eigenvalue weighted by molar-refractivity contribution is -0.126. The van der Waals surface area contributed by atoms with E-state index in [0.29, 0.717) is 0 Å². The summed E-state index contributed by atoms with van der Waals surface area (Å²) >= 11 is 0. The van der Waals surface area contributed by atoms with Gasteiger partial charge in [-0.05, 0) is 56.7 Å². The van der Waals surface area contributed by atoms with Crippen LogP contribution in [0.3, 0.4) is 0 Å². The minimum absolute atomic E-state index is 0.122. The molecule has 1 amide bonds. The molecule has 2 aromatic carbocycles. The Morgan fingerprint density at radius 1 is 1.11 bits per heavy atom. The molecule has 1 aromatic heterocycles. The van der Waals surface area contributed by atoms with Crippen molar-refractivity contribution in [2.24, 2.45) is 0 Å². The number of hydrogen-bond acceptors (Lipinski definition) is 2. The van der Waals surface area contributed by atoms with Gasteiger partial charge in [0.2, 0.25) is 5.91 Å². The molecular formula is C23H24FN3O. The maximum Gasteiger partial charge on any atom is 0.246 e. The predicted molar refractivity (Wildman–Crippen MR) is 110 cm³/mol. The predicted octanol–water partition coefficient (Wildman–Crippen LogP) is 4.86. The second kappa shape index (κ2) is 8.21. The van der Waals surface area contributed by atoms with Crippen molar-refractivity contribution in [1.82, 2.24) is 14.7 Å². The second-order valence-corrected chi connectivity index (χ2v) is 6.84. The monoisotopic (exact) mass is 377 g/mol. The van der Waals surface area contributed by atoms with Gasteiger partial charge in [-0.15, -0.1) is 0 Å². The molecular weight excluding hydrogens is 353 g/mol. The van der Waals surface area contributed by atoms with E-state index < -0.39 is 0 Å². The molecule has 0 aliphatic carbocycles. The number of halogens is 1. The number of likely N-dealkylation sites (N-methyl/N-ethyl adjacent to an activating group) is 1. The van der Waals surface area contributed by atoms with Gasteiger partial charge in [-0.1, -0.05) is 30.3 Å². The molecule has 28 heavy (non-hydrogen) atoms. The maximum atomic E-state index is 13.1. The first-order valence-electron chi connectivity index (χ1n) is 9.20. The van der Waals surface area contributed by atoms with Crippen molar-refractivity contribution in [3.8, 4) is 5.69 Å². The first-order valence-corrected chi connectivity index (χ1v) is 9.20. The number of aromatic nitrogens is 2. The Kier molecular flexibility index (Phi) is 5.73. The highest BCUT2D eigenvalue weighted by atomic mass is 19.1. The molecule has 0 saturated carbocycles. The van der Waals surface area contributed by atoms with Crippen LogP contribution in [0.4, 0.5) is 4.39 Å². The number of carbonyl (C=O) groups excluding carboxylic acids is 1. The third kappa shape index (κ3) is 4.03. The van der Waals surface area contributed by atoms with Crippen LogP contribution in [0.25, 0.3) is 11.8 Å². The van der Waals surface area contributed by atoms with E-state index in [-0.39, 0.29) is 17.8 Å². The summed E-state index contributed by atoms with van der Waals surface area (Å²) in [6.07, 6.45) is 3.37. The molecule has 0 spiro atoms. The molecule has 0 aliphatic rings. The summed E-state index contributed by atoms with van der Waals surface area (Å²) < 4.78 is 15.0. The Morgan fingerprint density at radius 2 is 1.75 bits per heavy atom. The summed E-state index contributed by atoms with van der Waals surface area (Å²) in [4.78, 5) is 14.3. The fourth-order valence-corrected chi connectivity index (χ4v) is 3.14. The van der Waals surface area contributed by atoms with Gasteiger partial charge < -0.3 is 4.90 Å². The van der Waals surface area contributed by atoms with Gasteiger partial charge in [-0.25, -0.2) is 9.07 Å². The minimum Gasteiger partial charge on any atom is -0.335 e. The molecule has 0 bridgehead atoms. The van der Waals surface area contributed by atoms with Gasteiger partial charge >= 0.3 is 0 Å². The molecule has 1 atom stereocenters. The quantitative estimate of drug-likeness (QED) is 0.596. The summed E-state index contributed by atoms with van der Waals surface area (Å²) in [7, 11) is 1.74. The minimum atomic E-state index is -0.286. The first-order chi connectivity index (χ1) is 13.4. The SMILES string of the molecule is Cc1nn(-c2ccccc2)c(C)c1/C=C/C(=O)N(C)C(C)c1ccc(F)cc1. The van der Waals surface area contributed by atoms with Crippen LogP contribution in [0.5, 0.6) is 0 Å². The molecule has 5 heteroatoms. The third-order valence-corrected chi connectivity index (χ3v) is 5.02. The van der Waals surface area contributed by atoms with E-state index in [0.717, 1.165) is 28.2 Å². The molecule has 0 N–H and O–H groups in total. The van der Waals surface area contributed by atoms with Gasteiger partial charge in [-0.3, -0.25) is 4.79 Å². The van der Waals surface area contributed by atoms with E-state index in [1.807, 2.05) is 61.9 Å². The Morgan fingerprint density at radius 3 is 2.39 bits per heavy atom. The number of para-hydroxylation sites is 1. The van der Waals surface area contributed by atoms with E-state index >= 15 is 0 Å². The fourth-order valence-electron chi connectivity index (χ4n) is 3.14. The van der Waals surface area contributed by atoms with Crippen molar-refractivity contribution < 1.29 is 9.18 Å². The molecule has 144 valence electrons. The highest BCUT2D eigenvalue weighted by Crippen LogP contribution is 2.21. The van der Waals surface area contributed by atoms with Gasteiger partial charge in [0.15, 0.2) is 0 Å². The van der Waals surface area contributed by atoms with Crippen molar-refractivity contribution in [2.45, 2.75) is 26.8 Å². The molecule has 4 nitrogen and oxygen atoms in total. The van der Waals surface area contributed by atoms with Crippen molar-refractivity contribution in [2.75, 3.05) is 7.05 Å². The first kappa shape index (κ1) is 19.5. The van der Waals surface area contributed by atoms with E-state index in [1.54, 1.807) is 30.2 Å². The number of hydrogen-bond donors (Lipinski definition) is 0. The van der Waals surface area contributed by atoms with Crippen molar-refractivity contribution in [1.29, 1.82) is 0 Å². The largest absolute Gasteiger partial charge is 0.335 e. The lowest BCUT2D eigenvalue weighted by Gasteiger charge is -2.24. The lowest BCUT2D eigenvalue weighted by atomic mass is 10.1. The molecule has 1 unspecified atom stereocenters. The van der Waals surface area contributed by atoms with Crippen LogP contribution in [0, 0.1) is 19.7 Å². The molecule has 3 aromatic rings. The van der Waals surface area contributed by atoms with Crippen LogP contribution in [0.15, 0.2) is 60.7 Å². The number of aryl methyl sites for hydroxylation is 1. The summed E-state index contributed by atoms with van der Waals surface area (Å²) in [6, 6.07) is 16.0. The standard InChI is InChI=1S/C23H24FN3O/c1-16-22(18(3)27(25-16)21-8-6-5-7-9-21)14-15-23(28)26(4)17(2)19-10-12-20(24)13-11-19/h5-15,17H,1-4H3/b15-14+. The van der Waals surface area contributed by atoms with Crippen molar-refractivity contribution >= 4 is 12.0 Å². The normalized spacial score (nSPS) is 12.3. The van der Waals surface area contributed by atoms with Gasteiger partial charge in [0.05, 0.1) is 17.4 Å². The molecule has 0 saturated heterocycles. The zero-order valence-electron chi connectivity index (χ0n) is 16.6. The van der Waals surface area contributed by atoms with Gasteiger partial charge in [0.1, 0.15) is 5.82 Å². The second-order valence-electron chi connectivity index (χ2n) is 6.84. The average molecular weight is 377 g/mol. The van der Waals surface area contributed by atoms with E-state index in [9.17, 15) is 9.18 Å². The van der Waals surface area contributed by atoms with Gasteiger partial charge in [-0.2, -0.15) is 5.10 Å². The Bertz CT molecular complexity index is 991. The lowest BCUT2D eigenvalue weighted by Crippen LogP contribution is -2.27. The van der Waals surface area contributed by atoms with Crippen molar-refractivity contribution in [3.63, 3.8) is 0 Å². The van der Waals surface area contributed by atoms with E-state index in [2.05, 4.69) is 5.10 Å². The summed E-state index contributed by atoms with van der Waals surface area (Å²) in [5.41, 5.74) is 4.63. The van der Waals surface area contributed by atoms with Crippen LogP contribution in [0.2, 0.25) is 0 Å². The Balaban J connectivity index is 1.79. The number of carbonyl (C=O) groups is 1. The molecule has 1 heterocycles. The third-order valence-electron chi connectivity index (χ3n) is 5.02. The van der Waals surface area contributed by atoms with Crippen LogP contribution in [0.1, 0.15) is 35.5 Å². The zero-order chi connectivity index (χ0) is 20.3. The molecule has 0 aliphatic heterocycles. The number of rotatable bonds is 5. The zero-order valence-corrected chi connectivity index (χ0v) is 16.6. The van der Waals surface area contributed by atoms with Crippen molar-refractivity contribution in [3.05, 3.63) is 89.0 Å². The number of nitrogens with zero attached hydrogens (tertiary/aromatic N) is 3. The molecule has 3 rings (SSSR count). The Hall–Kier alpha value is -3.21. The smallest absolute Gasteiger partial charge is 0.246 e. The van der Waals surface area contributed by atoms with Crippen LogP contribution < -0.4 is 0 Å². The number of benzene rings is 2. The summed E-state index contributed by atoms with van der Waals surface area (Å²) in [5, 5.41) is 4.60. The fraction of sp³-hybridized carbons (Fsp3) is 0.217. The Labute approximate surface area is 164 Å². The van der Waals surface area contributed by atoms with Crippen LogP contribution >= 0.6 is 0 Å². The average Bonchev–Trinajstić information content (AvgIpc) is 3.00.